The van der Waals surface area contributed by atoms with Gasteiger partial charge in [0.15, 0.2) is 0 Å². The molecule has 4 nitrogen and oxygen atoms in total. The standard InChI is InChI=1S/C16H15N3OS/c1-21-15-8-3-2-6-13(15)16(20)17-10-12-11-18-19-9-5-4-7-14(12)19/h2-9,11H,10H2,1H3,(H,17,20). The minimum atomic E-state index is -0.0600. The van der Waals surface area contributed by atoms with Crippen molar-refractivity contribution in [3.63, 3.8) is 0 Å². The molecule has 5 heteroatoms. The second kappa shape index (κ2) is 6.01. The minimum absolute atomic E-state index is 0.0600. The summed E-state index contributed by atoms with van der Waals surface area (Å²) in [7, 11) is 0. The van der Waals surface area contributed by atoms with E-state index in [0.717, 1.165) is 16.0 Å². The molecule has 0 aliphatic heterocycles. The number of rotatable bonds is 4. The number of thioether (sulfide) groups is 1. The molecule has 3 rings (SSSR count). The largest absolute Gasteiger partial charge is 0.348 e. The number of hydrogen-bond acceptors (Lipinski definition) is 3. The quantitative estimate of drug-likeness (QED) is 0.753. The summed E-state index contributed by atoms with van der Waals surface area (Å²) in [6.45, 7) is 0.467. The van der Waals surface area contributed by atoms with Crippen molar-refractivity contribution < 1.29 is 4.79 Å². The third kappa shape index (κ3) is 2.78. The Kier molecular flexibility index (Phi) is 3.92. The highest BCUT2D eigenvalue weighted by Gasteiger charge is 2.11. The molecule has 21 heavy (non-hydrogen) atoms. The lowest BCUT2D eigenvalue weighted by Gasteiger charge is -2.07. The van der Waals surface area contributed by atoms with Crippen LogP contribution in [0.5, 0.6) is 0 Å². The van der Waals surface area contributed by atoms with Crippen molar-refractivity contribution >= 4 is 23.2 Å². The van der Waals surface area contributed by atoms with Gasteiger partial charge in [0.2, 0.25) is 0 Å². The molecular weight excluding hydrogens is 282 g/mol. The lowest BCUT2D eigenvalue weighted by Crippen LogP contribution is -2.23. The van der Waals surface area contributed by atoms with Gasteiger partial charge in [-0.15, -0.1) is 11.8 Å². The maximum Gasteiger partial charge on any atom is 0.252 e. The van der Waals surface area contributed by atoms with E-state index in [2.05, 4.69) is 10.4 Å². The summed E-state index contributed by atoms with van der Waals surface area (Å²) in [6, 6.07) is 13.5. The Labute approximate surface area is 127 Å². The fourth-order valence-electron chi connectivity index (χ4n) is 2.23. The van der Waals surface area contributed by atoms with Gasteiger partial charge < -0.3 is 5.32 Å². The maximum atomic E-state index is 12.3. The van der Waals surface area contributed by atoms with E-state index in [9.17, 15) is 4.79 Å². The van der Waals surface area contributed by atoms with Gasteiger partial charge >= 0.3 is 0 Å². The average molecular weight is 297 g/mol. The van der Waals surface area contributed by atoms with Gasteiger partial charge in [0, 0.05) is 23.2 Å². The van der Waals surface area contributed by atoms with E-state index >= 15 is 0 Å². The van der Waals surface area contributed by atoms with Crippen molar-refractivity contribution in [2.24, 2.45) is 0 Å². The molecular formula is C16H15N3OS. The predicted octanol–water partition coefficient (Wildman–Crippen LogP) is 2.99. The monoisotopic (exact) mass is 297 g/mol. The number of fused-ring (bicyclic) bond motifs is 1. The lowest BCUT2D eigenvalue weighted by atomic mass is 10.2. The summed E-state index contributed by atoms with van der Waals surface area (Å²) in [5.41, 5.74) is 2.73. The van der Waals surface area contributed by atoms with Crippen molar-refractivity contribution in [2.75, 3.05) is 6.26 Å². The summed E-state index contributed by atoms with van der Waals surface area (Å²) >= 11 is 1.57. The fourth-order valence-corrected chi connectivity index (χ4v) is 2.82. The number of benzene rings is 1. The van der Waals surface area contributed by atoms with Crippen LogP contribution in [-0.2, 0) is 6.54 Å². The van der Waals surface area contributed by atoms with Crippen molar-refractivity contribution in [1.29, 1.82) is 0 Å². The molecule has 0 unspecified atom stereocenters. The number of nitrogens with one attached hydrogen (secondary N) is 1. The number of carbonyl (C=O) groups is 1. The molecule has 2 aromatic heterocycles. The number of pyridine rings is 1. The number of nitrogens with zero attached hydrogens (tertiary/aromatic N) is 2. The number of hydrogen-bond donors (Lipinski definition) is 1. The van der Waals surface area contributed by atoms with E-state index in [4.69, 9.17) is 0 Å². The molecule has 1 amide bonds. The maximum absolute atomic E-state index is 12.3. The van der Waals surface area contributed by atoms with Gasteiger partial charge in [-0.1, -0.05) is 18.2 Å². The second-order valence-electron chi connectivity index (χ2n) is 4.58. The molecule has 0 spiro atoms. The zero-order chi connectivity index (χ0) is 14.7. The highest BCUT2D eigenvalue weighted by molar-refractivity contribution is 7.98. The normalized spacial score (nSPS) is 10.7. The van der Waals surface area contributed by atoms with Crippen LogP contribution < -0.4 is 5.32 Å². The number of aromatic nitrogens is 2. The molecule has 0 atom stereocenters. The zero-order valence-corrected chi connectivity index (χ0v) is 12.4. The molecule has 2 heterocycles. The summed E-state index contributed by atoms with van der Waals surface area (Å²) in [6.07, 6.45) is 5.65. The molecule has 0 radical (unpaired) electrons. The van der Waals surface area contributed by atoms with Crippen molar-refractivity contribution in [1.82, 2.24) is 14.9 Å². The molecule has 0 saturated heterocycles. The summed E-state index contributed by atoms with van der Waals surface area (Å²) in [5.74, 6) is -0.0600. The van der Waals surface area contributed by atoms with Crippen molar-refractivity contribution in [3.05, 3.63) is 66.0 Å². The summed E-state index contributed by atoms with van der Waals surface area (Å²) < 4.78 is 1.80. The highest BCUT2D eigenvalue weighted by atomic mass is 32.2. The van der Waals surface area contributed by atoms with Crippen LogP contribution in [0.3, 0.4) is 0 Å². The first kappa shape index (κ1) is 13.7. The molecule has 0 aliphatic rings. The molecule has 0 bridgehead atoms. The molecule has 1 N–H and O–H groups in total. The van der Waals surface area contributed by atoms with Gasteiger partial charge in [0.05, 0.1) is 17.3 Å². The Morgan fingerprint density at radius 3 is 2.90 bits per heavy atom. The highest BCUT2D eigenvalue weighted by Crippen LogP contribution is 2.19. The molecule has 0 aliphatic carbocycles. The van der Waals surface area contributed by atoms with Gasteiger partial charge in [-0.05, 0) is 30.5 Å². The van der Waals surface area contributed by atoms with Crippen LogP contribution in [0.25, 0.3) is 5.52 Å². The second-order valence-corrected chi connectivity index (χ2v) is 5.43. The Hall–Kier alpha value is -2.27. The van der Waals surface area contributed by atoms with Gasteiger partial charge in [-0.2, -0.15) is 5.10 Å². The first-order valence-corrected chi connectivity index (χ1v) is 7.84. The van der Waals surface area contributed by atoms with Crippen LogP contribution in [0.2, 0.25) is 0 Å². The summed E-state index contributed by atoms with van der Waals surface area (Å²) in [5, 5.41) is 7.23. The van der Waals surface area contributed by atoms with Gasteiger partial charge in [0.1, 0.15) is 0 Å². The predicted molar refractivity (Wildman–Crippen MR) is 84.6 cm³/mol. The van der Waals surface area contributed by atoms with Crippen LogP contribution >= 0.6 is 11.8 Å². The van der Waals surface area contributed by atoms with Gasteiger partial charge in [0.25, 0.3) is 5.91 Å². The van der Waals surface area contributed by atoms with E-state index < -0.39 is 0 Å². The Morgan fingerprint density at radius 2 is 2.05 bits per heavy atom. The first-order valence-electron chi connectivity index (χ1n) is 6.62. The third-order valence-electron chi connectivity index (χ3n) is 3.30. The van der Waals surface area contributed by atoms with E-state index in [0.29, 0.717) is 12.1 Å². The van der Waals surface area contributed by atoms with E-state index in [-0.39, 0.29) is 5.91 Å². The Balaban J connectivity index is 1.77. The van der Waals surface area contributed by atoms with Crippen LogP contribution in [0.4, 0.5) is 0 Å². The SMILES string of the molecule is CSc1ccccc1C(=O)NCc1cnn2ccccc12. The lowest BCUT2D eigenvalue weighted by molar-refractivity contribution is 0.0948. The van der Waals surface area contributed by atoms with E-state index in [1.165, 1.54) is 0 Å². The summed E-state index contributed by atoms with van der Waals surface area (Å²) in [4.78, 5) is 13.3. The average Bonchev–Trinajstić information content (AvgIpc) is 2.96. The van der Waals surface area contributed by atoms with E-state index in [1.807, 2.05) is 54.9 Å². The van der Waals surface area contributed by atoms with Gasteiger partial charge in [-0.25, -0.2) is 4.52 Å². The Morgan fingerprint density at radius 1 is 1.24 bits per heavy atom. The van der Waals surface area contributed by atoms with E-state index in [1.54, 1.807) is 22.5 Å². The zero-order valence-electron chi connectivity index (χ0n) is 11.6. The van der Waals surface area contributed by atoms with Crippen LogP contribution in [0.1, 0.15) is 15.9 Å². The fraction of sp³-hybridized carbons (Fsp3) is 0.125. The van der Waals surface area contributed by atoms with Gasteiger partial charge in [-0.3, -0.25) is 4.79 Å². The van der Waals surface area contributed by atoms with Crippen molar-refractivity contribution in [2.45, 2.75) is 11.4 Å². The van der Waals surface area contributed by atoms with Crippen LogP contribution in [0.15, 0.2) is 59.8 Å². The third-order valence-corrected chi connectivity index (χ3v) is 4.09. The molecule has 106 valence electrons. The molecule has 3 aromatic rings. The topological polar surface area (TPSA) is 46.4 Å². The minimum Gasteiger partial charge on any atom is -0.348 e. The smallest absolute Gasteiger partial charge is 0.252 e. The first-order chi connectivity index (χ1) is 10.3. The van der Waals surface area contributed by atoms with Crippen LogP contribution in [0, 0.1) is 0 Å². The molecule has 0 saturated carbocycles. The van der Waals surface area contributed by atoms with Crippen LogP contribution in [-0.4, -0.2) is 21.8 Å². The number of amides is 1. The molecule has 0 fully saturated rings. The van der Waals surface area contributed by atoms with Crippen molar-refractivity contribution in [3.8, 4) is 0 Å². The molecule has 1 aromatic carbocycles. The number of carbonyl (C=O) groups excluding carboxylic acids is 1. The Bertz CT molecular complexity index is 782.